The Kier molecular flexibility index (Phi) is 5.54. The summed E-state index contributed by atoms with van der Waals surface area (Å²) in [7, 11) is -3.05. The van der Waals surface area contributed by atoms with E-state index in [0.29, 0.717) is 17.8 Å². The molecule has 1 amide bonds. The van der Waals surface area contributed by atoms with Crippen LogP contribution in [0.1, 0.15) is 48.4 Å². The Morgan fingerprint density at radius 2 is 1.91 bits per heavy atom. The number of anilines is 1. The van der Waals surface area contributed by atoms with Crippen LogP contribution in [0.15, 0.2) is 54.6 Å². The van der Waals surface area contributed by atoms with Crippen LogP contribution in [0.4, 0.5) is 5.69 Å². The van der Waals surface area contributed by atoms with E-state index in [-0.39, 0.29) is 29.4 Å². The minimum absolute atomic E-state index is 0.0721. The molecule has 0 spiro atoms. The molecule has 1 aliphatic heterocycles. The number of benzene rings is 2. The molecule has 0 aliphatic carbocycles. The normalized spacial score (nSPS) is 17.6. The lowest BCUT2D eigenvalue weighted by atomic mass is 10.1. The number of rotatable bonds is 5. The van der Waals surface area contributed by atoms with Crippen LogP contribution in [-0.4, -0.2) is 40.6 Å². The summed E-state index contributed by atoms with van der Waals surface area (Å²) in [6.45, 7) is 4.03. The Morgan fingerprint density at radius 1 is 1.15 bits per heavy atom. The van der Waals surface area contributed by atoms with Crippen molar-refractivity contribution in [3.8, 4) is 10.6 Å². The number of amides is 1. The third-order valence-electron chi connectivity index (χ3n) is 5.83. The first-order valence-electron chi connectivity index (χ1n) is 10.9. The number of carbonyl (C=O) groups excluding carboxylic acids is 1. The van der Waals surface area contributed by atoms with E-state index in [2.05, 4.69) is 21.5 Å². The van der Waals surface area contributed by atoms with E-state index in [1.54, 1.807) is 22.1 Å². The Bertz CT molecular complexity index is 1400. The molecule has 0 radical (unpaired) electrons. The third-order valence-corrected chi connectivity index (χ3v) is 8.66. The molecule has 3 heterocycles. The number of hydrogen-bond acceptors (Lipinski definition) is 6. The van der Waals surface area contributed by atoms with Crippen LogP contribution in [0.5, 0.6) is 0 Å². The summed E-state index contributed by atoms with van der Waals surface area (Å²) in [5.74, 6) is 0.0417. The van der Waals surface area contributed by atoms with Gasteiger partial charge in [0.1, 0.15) is 5.01 Å². The van der Waals surface area contributed by atoms with Gasteiger partial charge in [-0.05, 0) is 54.8 Å². The van der Waals surface area contributed by atoms with Crippen molar-refractivity contribution < 1.29 is 13.2 Å². The van der Waals surface area contributed by atoms with Gasteiger partial charge in [-0.15, -0.1) is 11.3 Å². The molecule has 170 valence electrons. The average molecular weight is 481 g/mol. The fourth-order valence-electron chi connectivity index (χ4n) is 4.10. The van der Waals surface area contributed by atoms with E-state index in [1.807, 2.05) is 56.3 Å². The minimum Gasteiger partial charge on any atom is -0.321 e. The zero-order chi connectivity index (χ0) is 23.2. The van der Waals surface area contributed by atoms with Crippen molar-refractivity contribution >= 4 is 43.0 Å². The largest absolute Gasteiger partial charge is 0.321 e. The molecule has 33 heavy (non-hydrogen) atoms. The quantitative estimate of drug-likeness (QED) is 0.439. The van der Waals surface area contributed by atoms with Gasteiger partial charge in [0.25, 0.3) is 5.91 Å². The molecule has 1 saturated heterocycles. The van der Waals surface area contributed by atoms with Crippen LogP contribution in [0, 0.1) is 0 Å². The Labute approximate surface area is 196 Å². The molecule has 2 aromatic carbocycles. The van der Waals surface area contributed by atoms with Crippen LogP contribution in [0.2, 0.25) is 0 Å². The fraction of sp³-hybridized carbons (Fsp3) is 0.292. The number of thiazole rings is 1. The molecule has 1 aliphatic rings. The second kappa shape index (κ2) is 8.39. The minimum atomic E-state index is -3.05. The highest BCUT2D eigenvalue weighted by Crippen LogP contribution is 2.31. The number of nitrogens with one attached hydrogen (secondary N) is 1. The molecule has 4 aromatic rings. The molecule has 1 fully saturated rings. The lowest BCUT2D eigenvalue weighted by Crippen LogP contribution is -2.17. The molecule has 2 aromatic heterocycles. The molecular formula is C24H24N4O3S2. The molecule has 9 heteroatoms. The number of hydrogen-bond donors (Lipinski definition) is 1. The van der Waals surface area contributed by atoms with E-state index in [0.717, 1.165) is 26.5 Å². The summed E-state index contributed by atoms with van der Waals surface area (Å²) in [5, 5.41) is 8.33. The van der Waals surface area contributed by atoms with Gasteiger partial charge in [-0.25, -0.2) is 13.4 Å². The number of carbonyl (C=O) groups is 1. The molecule has 0 saturated carbocycles. The van der Waals surface area contributed by atoms with Gasteiger partial charge in [0.15, 0.2) is 15.5 Å². The number of sulfone groups is 1. The molecule has 1 atom stereocenters. The van der Waals surface area contributed by atoms with Crippen molar-refractivity contribution in [1.82, 2.24) is 14.8 Å². The fourth-order valence-corrected chi connectivity index (χ4v) is 6.76. The molecule has 0 bridgehead atoms. The van der Waals surface area contributed by atoms with E-state index in [1.165, 1.54) is 0 Å². The monoisotopic (exact) mass is 480 g/mol. The Hall–Kier alpha value is -3.04. The van der Waals surface area contributed by atoms with Gasteiger partial charge in [0.05, 0.1) is 27.8 Å². The predicted octanol–water partition coefficient (Wildman–Crippen LogP) is 4.90. The van der Waals surface area contributed by atoms with Crippen molar-refractivity contribution in [3.05, 3.63) is 66.0 Å². The van der Waals surface area contributed by atoms with Crippen LogP contribution in [0.25, 0.3) is 20.8 Å². The number of fused-ring (bicyclic) bond motifs is 1. The maximum Gasteiger partial charge on any atom is 0.276 e. The summed E-state index contributed by atoms with van der Waals surface area (Å²) >= 11 is 1.63. The van der Waals surface area contributed by atoms with Crippen LogP contribution in [-0.2, 0) is 9.84 Å². The highest BCUT2D eigenvalue weighted by Gasteiger charge is 2.32. The van der Waals surface area contributed by atoms with Gasteiger partial charge in [0, 0.05) is 16.9 Å². The Balaban J connectivity index is 1.34. The molecule has 0 unspecified atom stereocenters. The first-order chi connectivity index (χ1) is 15.8. The maximum atomic E-state index is 12.9. The van der Waals surface area contributed by atoms with Crippen molar-refractivity contribution in [2.24, 2.45) is 0 Å². The lowest BCUT2D eigenvalue weighted by molar-refractivity contribution is 0.102. The van der Waals surface area contributed by atoms with Gasteiger partial charge < -0.3 is 5.32 Å². The smallest absolute Gasteiger partial charge is 0.276 e. The van der Waals surface area contributed by atoms with Gasteiger partial charge in [-0.1, -0.05) is 26.0 Å². The predicted molar refractivity (Wildman–Crippen MR) is 132 cm³/mol. The zero-order valence-corrected chi connectivity index (χ0v) is 20.0. The summed E-state index contributed by atoms with van der Waals surface area (Å²) in [4.78, 5) is 17.6. The van der Waals surface area contributed by atoms with E-state index in [4.69, 9.17) is 0 Å². The first-order valence-corrected chi connectivity index (χ1v) is 13.5. The van der Waals surface area contributed by atoms with Crippen molar-refractivity contribution in [2.45, 2.75) is 32.2 Å². The SMILES string of the molecule is CC(C)c1cc(C(=O)Nc2ccc(-c3nc4ccccc4s3)cc2)nn1[C@H]1CCS(=O)(=O)C1. The molecule has 7 nitrogen and oxygen atoms in total. The first kappa shape index (κ1) is 21.8. The van der Waals surface area contributed by atoms with Crippen molar-refractivity contribution in [1.29, 1.82) is 0 Å². The van der Waals surface area contributed by atoms with Gasteiger partial charge >= 0.3 is 0 Å². The van der Waals surface area contributed by atoms with Crippen LogP contribution in [0.3, 0.4) is 0 Å². The van der Waals surface area contributed by atoms with E-state index in [9.17, 15) is 13.2 Å². The molecular weight excluding hydrogens is 456 g/mol. The van der Waals surface area contributed by atoms with Crippen molar-refractivity contribution in [3.63, 3.8) is 0 Å². The van der Waals surface area contributed by atoms with Gasteiger partial charge in [0.2, 0.25) is 0 Å². The maximum absolute atomic E-state index is 12.9. The van der Waals surface area contributed by atoms with Crippen LogP contribution < -0.4 is 5.32 Å². The number of para-hydroxylation sites is 1. The summed E-state index contributed by atoms with van der Waals surface area (Å²) < 4.78 is 26.7. The van der Waals surface area contributed by atoms with Crippen LogP contribution >= 0.6 is 11.3 Å². The highest BCUT2D eigenvalue weighted by atomic mass is 32.2. The standard InChI is InChI=1S/C24H24N4O3S2/c1-15(2)21-13-20(27-28(21)18-11-12-33(30,31)14-18)23(29)25-17-9-7-16(8-10-17)24-26-19-5-3-4-6-22(19)32-24/h3-10,13,15,18H,11-12,14H2,1-2H3,(H,25,29)/t18-/m0/s1. The summed E-state index contributed by atoms with van der Waals surface area (Å²) in [5.41, 5.74) is 3.78. The van der Waals surface area contributed by atoms with E-state index >= 15 is 0 Å². The average Bonchev–Trinajstić information content (AvgIpc) is 3.50. The second-order valence-corrected chi connectivity index (χ2v) is 11.9. The number of aromatic nitrogens is 3. The third kappa shape index (κ3) is 4.43. The van der Waals surface area contributed by atoms with E-state index < -0.39 is 9.84 Å². The topological polar surface area (TPSA) is 93.9 Å². The van der Waals surface area contributed by atoms with Crippen molar-refractivity contribution in [2.75, 3.05) is 16.8 Å². The summed E-state index contributed by atoms with van der Waals surface area (Å²) in [6, 6.07) is 17.1. The second-order valence-electron chi connectivity index (χ2n) is 8.63. The Morgan fingerprint density at radius 3 is 2.58 bits per heavy atom. The number of nitrogens with zero attached hydrogens (tertiary/aromatic N) is 3. The summed E-state index contributed by atoms with van der Waals surface area (Å²) in [6.07, 6.45) is 0.526. The highest BCUT2D eigenvalue weighted by molar-refractivity contribution is 7.91. The van der Waals surface area contributed by atoms with Gasteiger partial charge in [-0.2, -0.15) is 5.10 Å². The zero-order valence-electron chi connectivity index (χ0n) is 18.4. The molecule has 5 rings (SSSR count). The van der Waals surface area contributed by atoms with Gasteiger partial charge in [-0.3, -0.25) is 9.48 Å². The molecule has 1 N–H and O–H groups in total. The lowest BCUT2D eigenvalue weighted by Gasteiger charge is -2.15.